The summed E-state index contributed by atoms with van der Waals surface area (Å²) in [6, 6.07) is 0.0734. The molecular weight excluding hydrogens is 196 g/mol. The summed E-state index contributed by atoms with van der Waals surface area (Å²) in [4.78, 5) is 13.7. The van der Waals surface area contributed by atoms with Crippen LogP contribution in [0.2, 0.25) is 0 Å². The zero-order chi connectivity index (χ0) is 10.6. The molecule has 0 aromatic heterocycles. The van der Waals surface area contributed by atoms with Crippen LogP contribution in [-0.2, 0) is 4.79 Å². The van der Waals surface area contributed by atoms with Crippen LogP contribution in [0.15, 0.2) is 0 Å². The first-order valence-electron chi connectivity index (χ1n) is 5.30. The summed E-state index contributed by atoms with van der Waals surface area (Å²) in [5, 5.41) is 0. The van der Waals surface area contributed by atoms with Gasteiger partial charge in [-0.15, -0.1) is 0 Å². The Hall–Kier alpha value is -0.220. The van der Waals surface area contributed by atoms with E-state index in [1.165, 1.54) is 11.5 Å². The van der Waals surface area contributed by atoms with E-state index in [2.05, 4.69) is 0 Å². The molecule has 1 rings (SSSR count). The number of carbonyl (C=O) groups excluding carboxylic acids is 1. The van der Waals surface area contributed by atoms with Crippen molar-refractivity contribution in [2.24, 2.45) is 5.73 Å². The molecule has 0 radical (unpaired) electrons. The van der Waals surface area contributed by atoms with Crippen LogP contribution in [0.4, 0.5) is 0 Å². The summed E-state index contributed by atoms with van der Waals surface area (Å²) in [6.45, 7) is 4.58. The molecule has 1 amide bonds. The quantitative estimate of drug-likeness (QED) is 0.768. The molecule has 1 fully saturated rings. The largest absolute Gasteiger partial charge is 0.339 e. The van der Waals surface area contributed by atoms with Crippen molar-refractivity contribution in [2.75, 3.05) is 18.1 Å². The van der Waals surface area contributed by atoms with Gasteiger partial charge in [0.25, 0.3) is 0 Å². The van der Waals surface area contributed by atoms with Crippen molar-refractivity contribution in [3.8, 4) is 0 Å². The fourth-order valence-electron chi connectivity index (χ4n) is 1.85. The highest BCUT2D eigenvalue weighted by molar-refractivity contribution is 7.99. The van der Waals surface area contributed by atoms with Crippen LogP contribution >= 0.6 is 11.8 Å². The summed E-state index contributed by atoms with van der Waals surface area (Å²) in [5.74, 6) is 2.45. The number of hydrogen-bond acceptors (Lipinski definition) is 3. The number of hydrogen-bond donors (Lipinski definition) is 1. The molecule has 3 nitrogen and oxygen atoms in total. The van der Waals surface area contributed by atoms with Gasteiger partial charge in [-0.25, -0.2) is 0 Å². The van der Waals surface area contributed by atoms with Crippen LogP contribution in [0.25, 0.3) is 0 Å². The number of nitrogens with zero attached hydrogens (tertiary/aromatic N) is 1. The lowest BCUT2D eigenvalue weighted by molar-refractivity contribution is -0.134. The maximum Gasteiger partial charge on any atom is 0.239 e. The van der Waals surface area contributed by atoms with Gasteiger partial charge in [0, 0.05) is 12.6 Å². The molecule has 0 aliphatic carbocycles. The number of nitrogens with two attached hydrogens (primary N) is 1. The monoisotopic (exact) mass is 216 g/mol. The van der Waals surface area contributed by atoms with Crippen LogP contribution in [0.3, 0.4) is 0 Å². The van der Waals surface area contributed by atoms with Gasteiger partial charge < -0.3 is 10.6 Å². The van der Waals surface area contributed by atoms with Crippen molar-refractivity contribution in [3.05, 3.63) is 0 Å². The average Bonchev–Trinajstić information content (AvgIpc) is 2.20. The number of carbonyl (C=O) groups is 1. The Kier molecular flexibility index (Phi) is 4.75. The van der Waals surface area contributed by atoms with Gasteiger partial charge in [0.15, 0.2) is 0 Å². The van der Waals surface area contributed by atoms with E-state index in [1.807, 2.05) is 23.6 Å². The molecule has 0 bridgehead atoms. The molecule has 1 aliphatic rings. The third-order valence-corrected chi connectivity index (χ3v) is 3.69. The van der Waals surface area contributed by atoms with E-state index in [4.69, 9.17) is 5.73 Å². The standard InChI is InChI=1S/C10H20N2OS/c1-3-12(10(13)8(2)11)9-4-6-14-7-5-9/h8-9H,3-7,11H2,1-2H3/t8-/m0/s1. The van der Waals surface area contributed by atoms with Crippen molar-refractivity contribution in [2.45, 2.75) is 38.8 Å². The van der Waals surface area contributed by atoms with E-state index in [0.717, 1.165) is 19.4 Å². The molecule has 2 N–H and O–H groups in total. The highest BCUT2D eigenvalue weighted by Crippen LogP contribution is 2.21. The second kappa shape index (κ2) is 5.61. The zero-order valence-electron chi connectivity index (χ0n) is 9.03. The summed E-state index contributed by atoms with van der Waals surface area (Å²) < 4.78 is 0. The molecule has 1 aliphatic heterocycles. The number of rotatable bonds is 3. The third kappa shape index (κ3) is 2.89. The van der Waals surface area contributed by atoms with Crippen molar-refractivity contribution < 1.29 is 4.79 Å². The Bertz CT molecular complexity index is 191. The van der Waals surface area contributed by atoms with Crippen LogP contribution in [0.5, 0.6) is 0 Å². The molecule has 1 saturated heterocycles. The second-order valence-corrected chi connectivity index (χ2v) is 4.98. The van der Waals surface area contributed by atoms with Crippen molar-refractivity contribution >= 4 is 17.7 Å². The highest BCUT2D eigenvalue weighted by atomic mass is 32.2. The predicted molar refractivity (Wildman–Crippen MR) is 61.4 cm³/mol. The molecule has 82 valence electrons. The minimum atomic E-state index is -0.357. The topological polar surface area (TPSA) is 46.3 Å². The van der Waals surface area contributed by atoms with E-state index in [0.29, 0.717) is 6.04 Å². The molecular formula is C10H20N2OS. The third-order valence-electron chi connectivity index (χ3n) is 2.64. The van der Waals surface area contributed by atoms with Gasteiger partial charge >= 0.3 is 0 Å². The van der Waals surface area contributed by atoms with E-state index >= 15 is 0 Å². The van der Waals surface area contributed by atoms with E-state index in [-0.39, 0.29) is 11.9 Å². The molecule has 0 spiro atoms. The molecule has 0 saturated carbocycles. The lowest BCUT2D eigenvalue weighted by Crippen LogP contribution is -2.48. The summed E-state index contributed by atoms with van der Waals surface area (Å²) in [6.07, 6.45) is 2.24. The lowest BCUT2D eigenvalue weighted by Gasteiger charge is -2.34. The smallest absolute Gasteiger partial charge is 0.239 e. The first kappa shape index (κ1) is 11.9. The van der Waals surface area contributed by atoms with Gasteiger partial charge in [-0.2, -0.15) is 11.8 Å². The van der Waals surface area contributed by atoms with E-state index in [9.17, 15) is 4.79 Å². The predicted octanol–water partition coefficient (Wildman–Crippen LogP) is 1.08. The van der Waals surface area contributed by atoms with Crippen LogP contribution < -0.4 is 5.73 Å². The Balaban J connectivity index is 2.55. The van der Waals surface area contributed by atoms with Gasteiger partial charge in [-0.1, -0.05) is 0 Å². The van der Waals surface area contributed by atoms with E-state index < -0.39 is 0 Å². The highest BCUT2D eigenvalue weighted by Gasteiger charge is 2.25. The maximum atomic E-state index is 11.8. The normalized spacial score (nSPS) is 20.5. The molecule has 14 heavy (non-hydrogen) atoms. The van der Waals surface area contributed by atoms with Crippen LogP contribution in [0.1, 0.15) is 26.7 Å². The second-order valence-electron chi connectivity index (χ2n) is 3.76. The average molecular weight is 216 g/mol. The summed E-state index contributed by atoms with van der Waals surface area (Å²) >= 11 is 1.98. The molecule has 4 heteroatoms. The number of amides is 1. The minimum Gasteiger partial charge on any atom is -0.339 e. The first-order valence-corrected chi connectivity index (χ1v) is 6.46. The van der Waals surface area contributed by atoms with Crippen molar-refractivity contribution in [3.63, 3.8) is 0 Å². The fraction of sp³-hybridized carbons (Fsp3) is 0.900. The lowest BCUT2D eigenvalue weighted by atomic mass is 10.1. The number of thioether (sulfide) groups is 1. The minimum absolute atomic E-state index is 0.101. The van der Waals surface area contributed by atoms with Gasteiger partial charge in [0.2, 0.25) is 5.91 Å². The SMILES string of the molecule is CCN(C(=O)[C@H](C)N)C1CCSCC1. The van der Waals surface area contributed by atoms with Gasteiger partial charge in [0.1, 0.15) is 0 Å². The summed E-state index contributed by atoms with van der Waals surface area (Å²) in [5.41, 5.74) is 5.62. The first-order chi connectivity index (χ1) is 6.66. The van der Waals surface area contributed by atoms with Gasteiger partial charge in [-0.3, -0.25) is 4.79 Å². The molecule has 0 unspecified atom stereocenters. The van der Waals surface area contributed by atoms with Gasteiger partial charge in [0.05, 0.1) is 6.04 Å². The Morgan fingerprint density at radius 1 is 1.57 bits per heavy atom. The zero-order valence-corrected chi connectivity index (χ0v) is 9.85. The molecule has 0 aromatic rings. The number of likely N-dealkylation sites (N-methyl/N-ethyl adjacent to an activating group) is 1. The van der Waals surface area contributed by atoms with Crippen molar-refractivity contribution in [1.29, 1.82) is 0 Å². The Morgan fingerprint density at radius 3 is 2.57 bits per heavy atom. The van der Waals surface area contributed by atoms with Crippen LogP contribution in [0, 0.1) is 0 Å². The van der Waals surface area contributed by atoms with E-state index in [1.54, 1.807) is 6.92 Å². The van der Waals surface area contributed by atoms with Gasteiger partial charge in [-0.05, 0) is 38.2 Å². The maximum absolute atomic E-state index is 11.8. The van der Waals surface area contributed by atoms with Crippen LogP contribution in [-0.4, -0.2) is 40.9 Å². The fourth-order valence-corrected chi connectivity index (χ4v) is 2.93. The molecule has 1 heterocycles. The Labute approximate surface area is 90.4 Å². The molecule has 1 atom stereocenters. The molecule has 0 aromatic carbocycles. The Morgan fingerprint density at radius 2 is 2.14 bits per heavy atom. The summed E-state index contributed by atoms with van der Waals surface area (Å²) in [7, 11) is 0. The van der Waals surface area contributed by atoms with Crippen molar-refractivity contribution in [1.82, 2.24) is 4.90 Å².